The molecule has 4 atom stereocenters. The Bertz CT molecular complexity index is 2130. The Morgan fingerprint density at radius 1 is 0.549 bits per heavy atom. The standard InChI is InChI=1S/C39H30Cl4N2O6/c1-21-4-11-26(44-34(22-5-12-27(48-2)13-6-22)36(38(44)46)50-32-16-9-24(40)18-29(32)42)20-31(21)45-35(23-7-14-28(49-3)15-8-23)37(39(45)47)51-33-17-10-25(41)19-30(33)43/h4-20,34-37H,1-3H3. The van der Waals surface area contributed by atoms with Gasteiger partial charge in [-0.3, -0.25) is 19.4 Å². The van der Waals surface area contributed by atoms with Crippen molar-refractivity contribution in [3.63, 3.8) is 0 Å². The number of methoxy groups -OCH3 is 2. The Kier molecular flexibility index (Phi) is 9.70. The Morgan fingerprint density at radius 2 is 1.00 bits per heavy atom. The first kappa shape index (κ1) is 34.8. The second kappa shape index (κ2) is 14.2. The average Bonchev–Trinajstić information content (AvgIpc) is 3.13. The van der Waals surface area contributed by atoms with Crippen LogP contribution in [0.1, 0.15) is 28.8 Å². The summed E-state index contributed by atoms with van der Waals surface area (Å²) in [4.78, 5) is 31.4. The van der Waals surface area contributed by atoms with Crippen LogP contribution in [0.25, 0.3) is 0 Å². The van der Waals surface area contributed by atoms with E-state index in [4.69, 9.17) is 65.4 Å². The van der Waals surface area contributed by atoms with Gasteiger partial charge in [0.25, 0.3) is 11.8 Å². The number of hydrogen-bond donors (Lipinski definition) is 0. The molecule has 0 spiro atoms. The number of amides is 2. The zero-order valence-corrected chi connectivity index (χ0v) is 30.5. The molecule has 0 radical (unpaired) electrons. The van der Waals surface area contributed by atoms with Gasteiger partial charge in [0.2, 0.25) is 12.2 Å². The van der Waals surface area contributed by atoms with Crippen molar-refractivity contribution in [3.8, 4) is 23.0 Å². The smallest absolute Gasteiger partial charge is 0.271 e. The summed E-state index contributed by atoms with van der Waals surface area (Å²) in [5.74, 6) is 1.46. The van der Waals surface area contributed by atoms with Gasteiger partial charge in [0, 0.05) is 21.4 Å². The van der Waals surface area contributed by atoms with Gasteiger partial charge >= 0.3 is 0 Å². The van der Waals surface area contributed by atoms with Crippen molar-refractivity contribution < 1.29 is 28.5 Å². The fraction of sp³-hybridized carbons (Fsp3) is 0.179. The number of β-lactam (4-membered cyclic amide) rings is 2. The van der Waals surface area contributed by atoms with Crippen LogP contribution in [-0.2, 0) is 9.59 Å². The minimum Gasteiger partial charge on any atom is -0.497 e. The number of carbonyl (C=O) groups excluding carboxylic acids is 2. The summed E-state index contributed by atoms with van der Waals surface area (Å²) in [6.45, 7) is 1.91. The van der Waals surface area contributed by atoms with Crippen LogP contribution in [0.15, 0.2) is 103 Å². The molecule has 2 aliphatic heterocycles. The number of ether oxygens (including phenoxy) is 4. The molecule has 0 aromatic heterocycles. The average molecular weight is 764 g/mol. The van der Waals surface area contributed by atoms with Gasteiger partial charge in [-0.25, -0.2) is 0 Å². The van der Waals surface area contributed by atoms with Crippen molar-refractivity contribution >= 4 is 69.6 Å². The molecule has 2 heterocycles. The molecule has 7 rings (SSSR count). The third-order valence-electron chi connectivity index (χ3n) is 9.03. The first-order valence-corrected chi connectivity index (χ1v) is 17.4. The lowest BCUT2D eigenvalue weighted by Gasteiger charge is -2.49. The molecule has 0 aliphatic carbocycles. The van der Waals surface area contributed by atoms with E-state index < -0.39 is 24.3 Å². The highest BCUT2D eigenvalue weighted by Crippen LogP contribution is 2.48. The summed E-state index contributed by atoms with van der Waals surface area (Å²) >= 11 is 25.1. The van der Waals surface area contributed by atoms with Gasteiger partial charge in [0.1, 0.15) is 35.1 Å². The number of hydrogen-bond acceptors (Lipinski definition) is 6. The summed E-state index contributed by atoms with van der Waals surface area (Å²) < 4.78 is 23.2. The van der Waals surface area contributed by atoms with Crippen molar-refractivity contribution in [2.24, 2.45) is 0 Å². The molecule has 5 aromatic rings. The lowest BCUT2D eigenvalue weighted by Crippen LogP contribution is -2.62. The maximum absolute atomic E-state index is 14.1. The molecule has 5 aromatic carbocycles. The van der Waals surface area contributed by atoms with E-state index in [1.807, 2.05) is 73.7 Å². The molecular weight excluding hydrogens is 734 g/mol. The van der Waals surface area contributed by atoms with Gasteiger partial charge in [0.15, 0.2) is 0 Å². The largest absolute Gasteiger partial charge is 0.497 e. The fourth-order valence-electron chi connectivity index (χ4n) is 6.38. The lowest BCUT2D eigenvalue weighted by molar-refractivity contribution is -0.135. The van der Waals surface area contributed by atoms with E-state index in [1.54, 1.807) is 60.4 Å². The Balaban J connectivity index is 1.25. The molecule has 12 heteroatoms. The molecule has 0 N–H and O–H groups in total. The van der Waals surface area contributed by atoms with E-state index in [0.717, 1.165) is 16.7 Å². The minimum absolute atomic E-state index is 0.276. The van der Waals surface area contributed by atoms with E-state index in [2.05, 4.69) is 0 Å². The molecule has 2 saturated heterocycles. The molecule has 0 saturated carbocycles. The number of anilines is 2. The Morgan fingerprint density at radius 3 is 1.45 bits per heavy atom. The summed E-state index contributed by atoms with van der Waals surface area (Å²) in [6, 6.07) is 29.1. The van der Waals surface area contributed by atoms with Crippen molar-refractivity contribution in [1.29, 1.82) is 0 Å². The minimum atomic E-state index is -0.889. The molecule has 2 amide bonds. The highest BCUT2D eigenvalue weighted by atomic mass is 35.5. The zero-order chi connectivity index (χ0) is 36.0. The Labute approximate surface area is 314 Å². The molecule has 260 valence electrons. The highest BCUT2D eigenvalue weighted by molar-refractivity contribution is 6.36. The first-order valence-electron chi connectivity index (χ1n) is 15.9. The van der Waals surface area contributed by atoms with E-state index in [1.165, 1.54) is 0 Å². The number of nitrogens with zero attached hydrogens (tertiary/aromatic N) is 2. The molecule has 51 heavy (non-hydrogen) atoms. The molecule has 2 fully saturated rings. The van der Waals surface area contributed by atoms with Crippen molar-refractivity contribution in [3.05, 3.63) is 140 Å². The normalized spacial score (nSPS) is 19.7. The summed E-state index contributed by atoms with van der Waals surface area (Å²) in [5.41, 5.74) is 3.65. The van der Waals surface area contributed by atoms with Gasteiger partial charge in [-0.2, -0.15) is 0 Å². The predicted octanol–water partition coefficient (Wildman–Crippen LogP) is 9.70. The van der Waals surface area contributed by atoms with Gasteiger partial charge in [-0.1, -0.05) is 76.7 Å². The fourth-order valence-corrected chi connectivity index (χ4v) is 7.29. The third kappa shape index (κ3) is 6.53. The molecule has 8 nitrogen and oxygen atoms in total. The number of rotatable bonds is 10. The van der Waals surface area contributed by atoms with Crippen LogP contribution in [0, 0.1) is 6.92 Å². The van der Waals surface area contributed by atoms with Crippen LogP contribution in [0.3, 0.4) is 0 Å². The van der Waals surface area contributed by atoms with E-state index in [-0.39, 0.29) is 21.9 Å². The Hall–Kier alpha value is -4.60. The van der Waals surface area contributed by atoms with Crippen LogP contribution >= 0.6 is 46.4 Å². The summed E-state index contributed by atoms with van der Waals surface area (Å²) in [5, 5.41) is 1.48. The molecular formula is C39H30Cl4N2O6. The van der Waals surface area contributed by atoms with Gasteiger partial charge in [-0.05, 0) is 96.4 Å². The van der Waals surface area contributed by atoms with Crippen LogP contribution < -0.4 is 28.7 Å². The van der Waals surface area contributed by atoms with E-state index in [0.29, 0.717) is 44.4 Å². The summed E-state index contributed by atoms with van der Waals surface area (Å²) in [7, 11) is 3.18. The van der Waals surface area contributed by atoms with E-state index in [9.17, 15) is 9.59 Å². The second-order valence-corrected chi connectivity index (χ2v) is 13.7. The monoisotopic (exact) mass is 762 g/mol. The van der Waals surface area contributed by atoms with Gasteiger partial charge in [0.05, 0.1) is 24.3 Å². The molecule has 0 bridgehead atoms. The summed E-state index contributed by atoms with van der Waals surface area (Å²) in [6.07, 6.45) is -1.78. The van der Waals surface area contributed by atoms with Crippen LogP contribution in [0.5, 0.6) is 23.0 Å². The number of benzene rings is 5. The molecule has 4 unspecified atom stereocenters. The highest BCUT2D eigenvalue weighted by Gasteiger charge is 2.54. The van der Waals surface area contributed by atoms with Crippen LogP contribution in [-0.4, -0.2) is 38.2 Å². The zero-order valence-electron chi connectivity index (χ0n) is 27.5. The quantitative estimate of drug-likeness (QED) is 0.132. The first-order chi connectivity index (χ1) is 24.6. The third-order valence-corrected chi connectivity index (χ3v) is 10.1. The van der Waals surface area contributed by atoms with Gasteiger partial charge < -0.3 is 18.9 Å². The molecule has 2 aliphatic rings. The topological polar surface area (TPSA) is 77.5 Å². The maximum Gasteiger partial charge on any atom is 0.271 e. The number of aryl methyl sites for hydroxylation is 1. The number of carbonyl (C=O) groups is 2. The number of halogens is 4. The maximum atomic E-state index is 14.1. The lowest BCUT2D eigenvalue weighted by atomic mass is 9.87. The SMILES string of the molecule is COc1ccc(C2C(Oc3ccc(Cl)cc3Cl)C(=O)N2c2ccc(C)c(N3C(=O)C(Oc4ccc(Cl)cc4Cl)C3c3ccc(OC)cc3)c2)cc1. The van der Waals surface area contributed by atoms with Crippen molar-refractivity contribution in [1.82, 2.24) is 0 Å². The predicted molar refractivity (Wildman–Crippen MR) is 199 cm³/mol. The van der Waals surface area contributed by atoms with Gasteiger partial charge in [-0.15, -0.1) is 0 Å². The van der Waals surface area contributed by atoms with Crippen molar-refractivity contribution in [2.75, 3.05) is 24.0 Å². The van der Waals surface area contributed by atoms with Crippen molar-refractivity contribution in [2.45, 2.75) is 31.2 Å². The van der Waals surface area contributed by atoms with Crippen LogP contribution in [0.2, 0.25) is 20.1 Å². The van der Waals surface area contributed by atoms with E-state index >= 15 is 0 Å². The van der Waals surface area contributed by atoms with Crippen LogP contribution in [0.4, 0.5) is 11.4 Å². The second-order valence-electron chi connectivity index (χ2n) is 12.0.